The van der Waals surface area contributed by atoms with Gasteiger partial charge in [-0.2, -0.15) is 5.10 Å². The van der Waals surface area contributed by atoms with Gasteiger partial charge in [-0.3, -0.25) is 4.79 Å². The van der Waals surface area contributed by atoms with Gasteiger partial charge in [-0.15, -0.1) is 0 Å². The fraction of sp³-hybridized carbons (Fsp3) is 0.263. The average molecular weight is 422 g/mol. The van der Waals surface area contributed by atoms with Crippen molar-refractivity contribution in [3.8, 4) is 5.75 Å². The molecule has 1 aliphatic carbocycles. The Morgan fingerprint density at radius 1 is 1.18 bits per heavy atom. The molecule has 0 atom stereocenters. The van der Waals surface area contributed by atoms with E-state index in [4.69, 9.17) is 16.3 Å². The molecule has 0 aromatic heterocycles. The first-order valence-electron chi connectivity index (χ1n) is 8.67. The fourth-order valence-corrected chi connectivity index (χ4v) is 4.02. The van der Waals surface area contributed by atoms with Crippen LogP contribution in [0.2, 0.25) is 5.02 Å². The Morgan fingerprint density at radius 2 is 1.93 bits per heavy atom. The van der Waals surface area contributed by atoms with E-state index in [2.05, 4.69) is 15.2 Å². The second kappa shape index (κ2) is 8.72. The SMILES string of the molecule is COc1ccc2c(c1)CCCC2=NNC(=O)CNS(=O)(=O)c1ccc(Cl)cc1. The van der Waals surface area contributed by atoms with Crippen molar-refractivity contribution < 1.29 is 17.9 Å². The lowest BCUT2D eigenvalue weighted by Crippen LogP contribution is -2.35. The molecule has 148 valence electrons. The number of carbonyl (C=O) groups excluding carboxylic acids is 1. The number of sulfonamides is 1. The number of methoxy groups -OCH3 is 1. The third kappa shape index (κ3) is 4.89. The zero-order valence-corrected chi connectivity index (χ0v) is 16.8. The molecular weight excluding hydrogens is 402 g/mol. The van der Waals surface area contributed by atoms with Crippen LogP contribution in [0.4, 0.5) is 0 Å². The van der Waals surface area contributed by atoms with Crippen LogP contribution in [0.15, 0.2) is 52.5 Å². The number of amides is 1. The van der Waals surface area contributed by atoms with Gasteiger partial charge in [0.25, 0.3) is 5.91 Å². The van der Waals surface area contributed by atoms with Gasteiger partial charge in [0.15, 0.2) is 0 Å². The van der Waals surface area contributed by atoms with Gasteiger partial charge in [0.1, 0.15) is 5.75 Å². The standard InChI is InChI=1S/C19H20ClN3O4S/c1-27-15-7-10-17-13(11-15)3-2-4-18(17)22-23-19(24)12-21-28(25,26)16-8-5-14(20)6-9-16/h5-11,21H,2-4,12H2,1H3,(H,23,24). The van der Waals surface area contributed by atoms with Gasteiger partial charge in [0.05, 0.1) is 24.3 Å². The summed E-state index contributed by atoms with van der Waals surface area (Å²) in [5, 5.41) is 4.62. The second-order valence-corrected chi connectivity index (χ2v) is 8.45. The van der Waals surface area contributed by atoms with Crippen molar-refractivity contribution >= 4 is 33.2 Å². The maximum Gasteiger partial charge on any atom is 0.255 e. The molecule has 3 rings (SSSR count). The summed E-state index contributed by atoms with van der Waals surface area (Å²) < 4.78 is 31.9. The summed E-state index contributed by atoms with van der Waals surface area (Å²) in [6, 6.07) is 11.4. The second-order valence-electron chi connectivity index (χ2n) is 6.25. The minimum absolute atomic E-state index is 0.0335. The number of ether oxygens (including phenoxy) is 1. The maximum atomic E-state index is 12.2. The van der Waals surface area contributed by atoms with Crippen LogP contribution in [0.25, 0.3) is 0 Å². The lowest BCUT2D eigenvalue weighted by molar-refractivity contribution is -0.119. The van der Waals surface area contributed by atoms with E-state index in [1.165, 1.54) is 24.3 Å². The summed E-state index contributed by atoms with van der Waals surface area (Å²) in [5.74, 6) is 0.228. The maximum absolute atomic E-state index is 12.2. The van der Waals surface area contributed by atoms with Gasteiger partial charge in [-0.05, 0) is 67.3 Å². The number of hydrogen-bond donors (Lipinski definition) is 2. The van der Waals surface area contributed by atoms with E-state index in [0.29, 0.717) is 5.02 Å². The molecule has 1 aliphatic rings. The quantitative estimate of drug-likeness (QED) is 0.700. The Hall–Kier alpha value is -2.42. The number of hydrazone groups is 1. The predicted octanol–water partition coefficient (Wildman–Crippen LogP) is 2.48. The first-order valence-corrected chi connectivity index (χ1v) is 10.5. The van der Waals surface area contributed by atoms with Crippen LogP contribution in [-0.4, -0.2) is 33.7 Å². The number of aryl methyl sites for hydroxylation is 1. The number of nitrogens with one attached hydrogen (secondary N) is 2. The van der Waals surface area contributed by atoms with Crippen molar-refractivity contribution in [1.29, 1.82) is 0 Å². The molecular formula is C19H20ClN3O4S. The van der Waals surface area contributed by atoms with Crippen molar-refractivity contribution in [2.24, 2.45) is 5.10 Å². The molecule has 7 nitrogen and oxygen atoms in total. The minimum atomic E-state index is -3.80. The van der Waals surface area contributed by atoms with Crippen LogP contribution in [0.1, 0.15) is 24.0 Å². The molecule has 0 aliphatic heterocycles. The molecule has 0 heterocycles. The number of rotatable bonds is 6. The lowest BCUT2D eigenvalue weighted by atomic mass is 9.90. The summed E-state index contributed by atoms with van der Waals surface area (Å²) in [6.07, 6.45) is 2.56. The highest BCUT2D eigenvalue weighted by Gasteiger charge is 2.18. The van der Waals surface area contributed by atoms with Crippen LogP contribution >= 0.6 is 11.6 Å². The monoisotopic (exact) mass is 421 g/mol. The van der Waals surface area contributed by atoms with Crippen LogP contribution < -0.4 is 14.9 Å². The Kier molecular flexibility index (Phi) is 6.33. The molecule has 0 radical (unpaired) electrons. The van der Waals surface area contributed by atoms with E-state index >= 15 is 0 Å². The molecule has 1 amide bonds. The van der Waals surface area contributed by atoms with Gasteiger partial charge in [-0.1, -0.05) is 11.6 Å². The minimum Gasteiger partial charge on any atom is -0.497 e. The van der Waals surface area contributed by atoms with Crippen LogP contribution in [-0.2, 0) is 21.2 Å². The Labute approximate surface area is 168 Å². The smallest absolute Gasteiger partial charge is 0.255 e. The van der Waals surface area contributed by atoms with Gasteiger partial charge >= 0.3 is 0 Å². The molecule has 0 saturated carbocycles. The van der Waals surface area contributed by atoms with Crippen LogP contribution in [0.5, 0.6) is 5.75 Å². The van der Waals surface area contributed by atoms with Gasteiger partial charge < -0.3 is 4.74 Å². The number of carbonyl (C=O) groups is 1. The number of fused-ring (bicyclic) bond motifs is 1. The predicted molar refractivity (Wildman–Crippen MR) is 107 cm³/mol. The first kappa shape index (κ1) is 20.3. The van der Waals surface area contributed by atoms with E-state index in [1.54, 1.807) is 7.11 Å². The molecule has 0 spiro atoms. The van der Waals surface area contributed by atoms with Crippen LogP contribution in [0, 0.1) is 0 Å². The molecule has 28 heavy (non-hydrogen) atoms. The summed E-state index contributed by atoms with van der Waals surface area (Å²) in [5.41, 5.74) is 5.27. The van der Waals surface area contributed by atoms with E-state index in [0.717, 1.165) is 41.9 Å². The van der Waals surface area contributed by atoms with Crippen molar-refractivity contribution in [1.82, 2.24) is 10.1 Å². The summed E-state index contributed by atoms with van der Waals surface area (Å²) in [7, 11) is -2.19. The van der Waals surface area contributed by atoms with Crippen molar-refractivity contribution in [2.45, 2.75) is 24.2 Å². The molecule has 9 heteroatoms. The molecule has 0 unspecified atom stereocenters. The van der Waals surface area contributed by atoms with Gasteiger partial charge in [0, 0.05) is 10.6 Å². The van der Waals surface area contributed by atoms with E-state index < -0.39 is 22.5 Å². The molecule has 0 bridgehead atoms. The Bertz CT molecular complexity index is 1000. The molecule has 2 aromatic carbocycles. The normalized spacial score (nSPS) is 15.1. The Morgan fingerprint density at radius 3 is 2.64 bits per heavy atom. The van der Waals surface area contributed by atoms with Gasteiger partial charge in [-0.25, -0.2) is 18.6 Å². The molecule has 0 saturated heterocycles. The zero-order chi connectivity index (χ0) is 20.1. The third-order valence-corrected chi connectivity index (χ3v) is 6.01. The molecule has 2 aromatic rings. The zero-order valence-electron chi connectivity index (χ0n) is 15.2. The largest absolute Gasteiger partial charge is 0.497 e. The number of hydrogen-bond acceptors (Lipinski definition) is 5. The average Bonchev–Trinajstić information content (AvgIpc) is 2.70. The Balaban J connectivity index is 1.62. The van der Waals surface area contributed by atoms with Gasteiger partial charge in [0.2, 0.25) is 10.0 Å². The van der Waals surface area contributed by atoms with E-state index in [-0.39, 0.29) is 4.90 Å². The number of halogens is 1. The summed E-state index contributed by atoms with van der Waals surface area (Å²) in [6.45, 7) is -0.419. The third-order valence-electron chi connectivity index (χ3n) is 4.35. The fourth-order valence-electron chi connectivity index (χ4n) is 2.91. The van der Waals surface area contributed by atoms with Crippen molar-refractivity contribution in [2.75, 3.05) is 13.7 Å². The number of benzene rings is 2. The topological polar surface area (TPSA) is 96.9 Å². The van der Waals surface area contributed by atoms with E-state index in [9.17, 15) is 13.2 Å². The highest BCUT2D eigenvalue weighted by Crippen LogP contribution is 2.25. The lowest BCUT2D eigenvalue weighted by Gasteiger charge is -2.18. The van der Waals surface area contributed by atoms with Crippen molar-refractivity contribution in [3.63, 3.8) is 0 Å². The highest BCUT2D eigenvalue weighted by molar-refractivity contribution is 7.89. The highest BCUT2D eigenvalue weighted by atomic mass is 35.5. The molecule has 0 fully saturated rings. The molecule has 2 N–H and O–H groups in total. The van der Waals surface area contributed by atoms with Crippen molar-refractivity contribution in [3.05, 3.63) is 58.6 Å². The summed E-state index contributed by atoms with van der Waals surface area (Å²) in [4.78, 5) is 12.1. The van der Waals surface area contributed by atoms with E-state index in [1.807, 2.05) is 18.2 Å². The first-order chi connectivity index (χ1) is 13.4. The number of nitrogens with zero attached hydrogens (tertiary/aromatic N) is 1. The van der Waals surface area contributed by atoms with Crippen LogP contribution in [0.3, 0.4) is 0 Å². The summed E-state index contributed by atoms with van der Waals surface area (Å²) >= 11 is 5.76.